The van der Waals surface area contributed by atoms with Gasteiger partial charge in [-0.25, -0.2) is 4.39 Å². The quantitative estimate of drug-likeness (QED) is 0.749. The number of hydrogen-bond donors (Lipinski definition) is 2. The van der Waals surface area contributed by atoms with Crippen LogP contribution in [0, 0.1) is 5.82 Å². The highest BCUT2D eigenvalue weighted by atomic mass is 32.2. The molecule has 0 saturated heterocycles. The van der Waals surface area contributed by atoms with Gasteiger partial charge in [0, 0.05) is 18.2 Å². The molecule has 3 rings (SSSR count). The largest absolute Gasteiger partial charge is 0.349 e. The van der Waals surface area contributed by atoms with Gasteiger partial charge < -0.3 is 4.90 Å². The average Bonchev–Trinajstić information content (AvgIpc) is 2.92. The SMILES string of the molecule is CN(CC(=O)NNC(=O)c1ccc(F)cc1)C1=NS(=O)(=O)c2ccccc21. The highest BCUT2D eigenvalue weighted by Gasteiger charge is 2.30. The summed E-state index contributed by atoms with van der Waals surface area (Å²) in [7, 11) is -2.27. The Bertz CT molecular complexity index is 1040. The van der Waals surface area contributed by atoms with Crippen molar-refractivity contribution < 1.29 is 22.4 Å². The Kier molecular flexibility index (Phi) is 4.91. The zero-order valence-corrected chi connectivity index (χ0v) is 15.0. The van der Waals surface area contributed by atoms with Crippen LogP contribution in [0.1, 0.15) is 15.9 Å². The lowest BCUT2D eigenvalue weighted by molar-refractivity contribution is -0.122. The Labute approximate surface area is 154 Å². The third-order valence-corrected chi connectivity index (χ3v) is 5.10. The summed E-state index contributed by atoms with van der Waals surface area (Å²) in [5, 5.41) is 0. The Morgan fingerprint density at radius 1 is 1.07 bits per heavy atom. The van der Waals surface area contributed by atoms with Gasteiger partial charge >= 0.3 is 0 Å². The van der Waals surface area contributed by atoms with Gasteiger partial charge in [-0.3, -0.25) is 20.4 Å². The van der Waals surface area contributed by atoms with Crippen LogP contribution in [-0.4, -0.2) is 44.6 Å². The number of hydrazine groups is 1. The minimum Gasteiger partial charge on any atom is -0.349 e. The summed E-state index contributed by atoms with van der Waals surface area (Å²) in [5.74, 6) is -1.54. The molecule has 0 fully saturated rings. The summed E-state index contributed by atoms with van der Waals surface area (Å²) in [4.78, 5) is 25.4. The Morgan fingerprint density at radius 2 is 1.74 bits per heavy atom. The van der Waals surface area contributed by atoms with Gasteiger partial charge in [0.15, 0.2) is 5.84 Å². The second-order valence-corrected chi connectivity index (χ2v) is 7.32. The Morgan fingerprint density at radius 3 is 2.44 bits per heavy atom. The highest BCUT2D eigenvalue weighted by Crippen LogP contribution is 2.26. The molecule has 0 atom stereocenters. The van der Waals surface area contributed by atoms with Crippen LogP contribution in [-0.2, 0) is 14.8 Å². The summed E-state index contributed by atoms with van der Waals surface area (Å²) in [6.45, 7) is -0.244. The van der Waals surface area contributed by atoms with Gasteiger partial charge in [-0.2, -0.15) is 8.42 Å². The predicted octanol–water partition coefficient (Wildman–Crippen LogP) is 0.668. The van der Waals surface area contributed by atoms with E-state index in [1.165, 1.54) is 30.1 Å². The van der Waals surface area contributed by atoms with Crippen LogP contribution in [0.15, 0.2) is 57.8 Å². The third-order valence-electron chi connectivity index (χ3n) is 3.78. The molecule has 8 nitrogen and oxygen atoms in total. The number of halogens is 1. The lowest BCUT2D eigenvalue weighted by atomic mass is 10.2. The maximum absolute atomic E-state index is 12.9. The van der Waals surface area contributed by atoms with E-state index in [1.807, 2.05) is 0 Å². The molecular formula is C17H15FN4O4S. The molecule has 2 aromatic rings. The minimum atomic E-state index is -3.79. The number of nitrogens with zero attached hydrogens (tertiary/aromatic N) is 2. The van der Waals surface area contributed by atoms with Gasteiger partial charge in [-0.1, -0.05) is 12.1 Å². The number of sulfonamides is 1. The van der Waals surface area contributed by atoms with Crippen molar-refractivity contribution in [3.8, 4) is 0 Å². The highest BCUT2D eigenvalue weighted by molar-refractivity contribution is 7.90. The smallest absolute Gasteiger partial charge is 0.285 e. The van der Waals surface area contributed by atoms with Crippen molar-refractivity contribution in [2.24, 2.45) is 4.40 Å². The number of rotatable bonds is 3. The van der Waals surface area contributed by atoms with Crippen LogP contribution in [0.25, 0.3) is 0 Å². The molecule has 0 unspecified atom stereocenters. The number of hydrogen-bond acceptors (Lipinski definition) is 5. The number of amidine groups is 1. The number of nitrogens with one attached hydrogen (secondary N) is 2. The van der Waals surface area contributed by atoms with Gasteiger partial charge in [0.1, 0.15) is 10.7 Å². The fourth-order valence-electron chi connectivity index (χ4n) is 2.49. The number of carbonyl (C=O) groups excluding carboxylic acids is 2. The monoisotopic (exact) mass is 390 g/mol. The first-order chi connectivity index (χ1) is 12.8. The number of fused-ring (bicyclic) bond motifs is 1. The van der Waals surface area contributed by atoms with E-state index in [4.69, 9.17) is 0 Å². The van der Waals surface area contributed by atoms with Gasteiger partial charge in [0.05, 0.1) is 6.54 Å². The average molecular weight is 390 g/mol. The normalized spacial score (nSPS) is 14.1. The lowest BCUT2D eigenvalue weighted by Gasteiger charge is -2.18. The zero-order valence-electron chi connectivity index (χ0n) is 14.1. The predicted molar refractivity (Wildman–Crippen MR) is 94.8 cm³/mol. The van der Waals surface area contributed by atoms with E-state index in [9.17, 15) is 22.4 Å². The molecule has 0 aromatic heterocycles. The molecular weight excluding hydrogens is 375 g/mol. The van der Waals surface area contributed by atoms with Crippen molar-refractivity contribution in [3.63, 3.8) is 0 Å². The number of benzene rings is 2. The zero-order chi connectivity index (χ0) is 19.6. The second kappa shape index (κ2) is 7.16. The molecule has 2 aromatic carbocycles. The Balaban J connectivity index is 1.62. The molecule has 2 N–H and O–H groups in total. The molecule has 1 aliphatic heterocycles. The van der Waals surface area contributed by atoms with Crippen LogP contribution in [0.5, 0.6) is 0 Å². The van der Waals surface area contributed by atoms with Crippen LogP contribution in [0.2, 0.25) is 0 Å². The molecule has 0 radical (unpaired) electrons. The number of carbonyl (C=O) groups is 2. The summed E-state index contributed by atoms with van der Waals surface area (Å²) < 4.78 is 40.7. The van der Waals surface area contributed by atoms with E-state index in [1.54, 1.807) is 18.2 Å². The van der Waals surface area contributed by atoms with Gasteiger partial charge in [-0.15, -0.1) is 4.40 Å². The fourth-order valence-corrected chi connectivity index (χ4v) is 3.75. The topological polar surface area (TPSA) is 108 Å². The number of amides is 2. The maximum atomic E-state index is 12.9. The molecule has 2 amide bonds. The van der Waals surface area contributed by atoms with E-state index in [-0.39, 0.29) is 22.8 Å². The second-order valence-electron chi connectivity index (χ2n) is 5.75. The van der Waals surface area contributed by atoms with Crippen molar-refractivity contribution in [2.45, 2.75) is 4.90 Å². The van der Waals surface area contributed by atoms with E-state index >= 15 is 0 Å². The van der Waals surface area contributed by atoms with Crippen LogP contribution < -0.4 is 10.9 Å². The van der Waals surface area contributed by atoms with Gasteiger partial charge in [0.2, 0.25) is 0 Å². The molecule has 0 spiro atoms. The lowest BCUT2D eigenvalue weighted by Crippen LogP contribution is -2.46. The molecule has 0 bridgehead atoms. The van der Waals surface area contributed by atoms with Crippen LogP contribution >= 0.6 is 0 Å². The number of likely N-dealkylation sites (N-methyl/N-ethyl adjacent to an activating group) is 1. The van der Waals surface area contributed by atoms with Gasteiger partial charge in [0.25, 0.3) is 21.8 Å². The van der Waals surface area contributed by atoms with Crippen molar-refractivity contribution in [1.29, 1.82) is 0 Å². The fraction of sp³-hybridized carbons (Fsp3) is 0.118. The van der Waals surface area contributed by atoms with Crippen molar-refractivity contribution in [1.82, 2.24) is 15.8 Å². The van der Waals surface area contributed by atoms with Crippen molar-refractivity contribution in [2.75, 3.05) is 13.6 Å². The molecule has 0 aliphatic carbocycles. The minimum absolute atomic E-state index is 0.0804. The van der Waals surface area contributed by atoms with Crippen molar-refractivity contribution >= 4 is 27.7 Å². The molecule has 1 aliphatic rings. The first-order valence-electron chi connectivity index (χ1n) is 7.78. The Hall–Kier alpha value is -3.27. The van der Waals surface area contributed by atoms with E-state index < -0.39 is 27.7 Å². The first kappa shape index (κ1) is 18.5. The summed E-state index contributed by atoms with van der Waals surface area (Å²) in [5.41, 5.74) is 5.00. The molecule has 27 heavy (non-hydrogen) atoms. The van der Waals surface area contributed by atoms with E-state index in [0.29, 0.717) is 5.56 Å². The van der Waals surface area contributed by atoms with Crippen LogP contribution in [0.3, 0.4) is 0 Å². The van der Waals surface area contributed by atoms with E-state index in [2.05, 4.69) is 15.2 Å². The van der Waals surface area contributed by atoms with E-state index in [0.717, 1.165) is 12.1 Å². The first-order valence-corrected chi connectivity index (χ1v) is 9.22. The van der Waals surface area contributed by atoms with Crippen LogP contribution in [0.4, 0.5) is 4.39 Å². The summed E-state index contributed by atoms with van der Waals surface area (Å²) in [6.07, 6.45) is 0. The maximum Gasteiger partial charge on any atom is 0.285 e. The van der Waals surface area contributed by atoms with Crippen molar-refractivity contribution in [3.05, 3.63) is 65.5 Å². The third kappa shape index (κ3) is 3.95. The molecule has 10 heteroatoms. The molecule has 140 valence electrons. The molecule has 1 heterocycles. The standard InChI is InChI=1S/C17H15FN4O4S/c1-22(16-13-4-2-3-5-14(13)27(25,26)21-16)10-15(23)19-20-17(24)11-6-8-12(18)9-7-11/h2-9H,10H2,1H3,(H,19,23)(H,20,24). The summed E-state index contributed by atoms with van der Waals surface area (Å²) in [6, 6.07) is 11.1. The van der Waals surface area contributed by atoms with Gasteiger partial charge in [-0.05, 0) is 36.4 Å². The molecule has 0 saturated carbocycles. The summed E-state index contributed by atoms with van der Waals surface area (Å²) >= 11 is 0.